The van der Waals surface area contributed by atoms with Crippen molar-refractivity contribution in [2.24, 2.45) is 4.99 Å². The monoisotopic (exact) mass is 373 g/mol. The van der Waals surface area contributed by atoms with Gasteiger partial charge in [-0.3, -0.25) is 4.99 Å². The first-order valence-electron chi connectivity index (χ1n) is 8.36. The maximum Gasteiger partial charge on any atom is 0.194 e. The summed E-state index contributed by atoms with van der Waals surface area (Å²) in [6.07, 6.45) is 0.272. The molecule has 0 spiro atoms. The highest BCUT2D eigenvalue weighted by Crippen LogP contribution is 2.23. The summed E-state index contributed by atoms with van der Waals surface area (Å²) in [5.41, 5.74) is 0.279. The number of nitrogens with one attached hydrogen (secondary N) is 1. The molecule has 0 radical (unpaired) electrons. The zero-order valence-corrected chi connectivity index (χ0v) is 15.7. The normalized spacial score (nSPS) is 19.7. The van der Waals surface area contributed by atoms with Crippen LogP contribution in [0.3, 0.4) is 0 Å². The number of nitrogens with zero attached hydrogens (tertiary/aromatic N) is 2. The van der Waals surface area contributed by atoms with Crippen LogP contribution >= 0.6 is 0 Å². The van der Waals surface area contributed by atoms with E-state index in [4.69, 9.17) is 0 Å². The quantitative estimate of drug-likeness (QED) is 0.648. The summed E-state index contributed by atoms with van der Waals surface area (Å²) in [4.78, 5) is 6.37. The van der Waals surface area contributed by atoms with E-state index in [0.29, 0.717) is 25.6 Å². The van der Waals surface area contributed by atoms with Crippen molar-refractivity contribution in [1.29, 1.82) is 0 Å². The SMILES string of the molecule is CCNC(=NCCc1cc(F)ccc1F)N1CCS(=O)(=O)C(C)(C)C1. The van der Waals surface area contributed by atoms with Crippen molar-refractivity contribution in [3.8, 4) is 0 Å². The van der Waals surface area contributed by atoms with Gasteiger partial charge in [0.1, 0.15) is 11.6 Å². The maximum atomic E-state index is 13.7. The van der Waals surface area contributed by atoms with Crippen LogP contribution in [0.5, 0.6) is 0 Å². The van der Waals surface area contributed by atoms with Gasteiger partial charge in [-0.05, 0) is 51.0 Å². The molecular formula is C17H25F2N3O2S. The molecule has 0 atom stereocenters. The zero-order chi connectivity index (χ0) is 18.7. The van der Waals surface area contributed by atoms with E-state index < -0.39 is 26.2 Å². The van der Waals surface area contributed by atoms with E-state index in [-0.39, 0.29) is 24.3 Å². The van der Waals surface area contributed by atoms with Gasteiger partial charge < -0.3 is 10.2 Å². The summed E-state index contributed by atoms with van der Waals surface area (Å²) in [5, 5.41) is 3.14. The van der Waals surface area contributed by atoms with Gasteiger partial charge in [0.15, 0.2) is 15.8 Å². The number of halogens is 2. The summed E-state index contributed by atoms with van der Waals surface area (Å²) < 4.78 is 50.3. The molecule has 1 aliphatic rings. The lowest BCUT2D eigenvalue weighted by molar-refractivity contribution is 0.353. The average molecular weight is 373 g/mol. The van der Waals surface area contributed by atoms with Crippen molar-refractivity contribution in [3.63, 3.8) is 0 Å². The Morgan fingerprint density at radius 1 is 1.36 bits per heavy atom. The lowest BCUT2D eigenvalue weighted by atomic mass is 10.1. The van der Waals surface area contributed by atoms with Gasteiger partial charge in [0.05, 0.1) is 10.5 Å². The molecule has 2 rings (SSSR count). The predicted octanol–water partition coefficient (Wildman–Crippen LogP) is 1.98. The molecule has 0 bridgehead atoms. The Bertz CT molecular complexity index is 748. The van der Waals surface area contributed by atoms with E-state index in [1.807, 2.05) is 11.8 Å². The maximum absolute atomic E-state index is 13.7. The van der Waals surface area contributed by atoms with E-state index in [0.717, 1.165) is 12.1 Å². The van der Waals surface area contributed by atoms with Crippen LogP contribution in [0.15, 0.2) is 23.2 Å². The molecule has 1 saturated heterocycles. The second kappa shape index (κ2) is 7.68. The number of hydrogen-bond donors (Lipinski definition) is 1. The van der Waals surface area contributed by atoms with Crippen molar-refractivity contribution >= 4 is 15.8 Å². The molecule has 0 unspecified atom stereocenters. The highest BCUT2D eigenvalue weighted by molar-refractivity contribution is 7.92. The Hall–Kier alpha value is -1.70. The fraction of sp³-hybridized carbons (Fsp3) is 0.588. The van der Waals surface area contributed by atoms with Crippen molar-refractivity contribution in [2.45, 2.75) is 31.9 Å². The van der Waals surface area contributed by atoms with Crippen LogP contribution in [0.1, 0.15) is 26.3 Å². The minimum absolute atomic E-state index is 0.0724. The smallest absolute Gasteiger partial charge is 0.194 e. The molecule has 0 aliphatic carbocycles. The number of benzene rings is 1. The minimum Gasteiger partial charge on any atom is -0.357 e. The number of hydrogen-bond acceptors (Lipinski definition) is 3. The summed E-state index contributed by atoms with van der Waals surface area (Å²) in [7, 11) is -3.13. The van der Waals surface area contributed by atoms with Crippen molar-refractivity contribution < 1.29 is 17.2 Å². The Kier molecular flexibility index (Phi) is 6.03. The first-order valence-corrected chi connectivity index (χ1v) is 10.0. The Balaban J connectivity index is 2.10. The van der Waals surface area contributed by atoms with Gasteiger partial charge in [-0.15, -0.1) is 0 Å². The van der Waals surface area contributed by atoms with Crippen LogP contribution in [-0.2, 0) is 16.3 Å². The largest absolute Gasteiger partial charge is 0.357 e. The van der Waals surface area contributed by atoms with Crippen molar-refractivity contribution in [3.05, 3.63) is 35.4 Å². The van der Waals surface area contributed by atoms with Crippen LogP contribution in [0.25, 0.3) is 0 Å². The third-order valence-corrected chi connectivity index (χ3v) is 6.86. The lowest BCUT2D eigenvalue weighted by Gasteiger charge is -2.39. The van der Waals surface area contributed by atoms with E-state index in [1.165, 1.54) is 6.07 Å². The van der Waals surface area contributed by atoms with E-state index in [9.17, 15) is 17.2 Å². The molecule has 0 aromatic heterocycles. The molecule has 1 aromatic rings. The minimum atomic E-state index is -3.13. The van der Waals surface area contributed by atoms with Gasteiger partial charge in [0.2, 0.25) is 0 Å². The zero-order valence-electron chi connectivity index (χ0n) is 14.8. The molecular weight excluding hydrogens is 348 g/mol. The Labute approximate surface area is 148 Å². The first kappa shape index (κ1) is 19.6. The molecule has 0 saturated carbocycles. The van der Waals surface area contributed by atoms with Gasteiger partial charge in [0, 0.05) is 26.2 Å². The van der Waals surface area contributed by atoms with E-state index in [2.05, 4.69) is 10.3 Å². The molecule has 0 amide bonds. The summed E-state index contributed by atoms with van der Waals surface area (Å²) in [6, 6.07) is 3.37. The van der Waals surface area contributed by atoms with Crippen molar-refractivity contribution in [2.75, 3.05) is 31.9 Å². The van der Waals surface area contributed by atoms with Crippen LogP contribution in [0.4, 0.5) is 8.78 Å². The van der Waals surface area contributed by atoms with Crippen molar-refractivity contribution in [1.82, 2.24) is 10.2 Å². The fourth-order valence-electron chi connectivity index (χ4n) is 2.77. The number of aliphatic imine (C=N–C) groups is 1. The molecule has 1 aliphatic heterocycles. The fourth-order valence-corrected chi connectivity index (χ4v) is 4.13. The van der Waals surface area contributed by atoms with E-state index >= 15 is 0 Å². The number of sulfone groups is 1. The van der Waals surface area contributed by atoms with Gasteiger partial charge >= 0.3 is 0 Å². The third-order valence-electron chi connectivity index (χ3n) is 4.33. The standard InChI is InChI=1S/C17H25F2N3O2S/c1-4-20-16(22-9-10-25(23,24)17(2,3)12-22)21-8-7-13-11-14(18)5-6-15(13)19/h5-6,11H,4,7-10,12H2,1-3H3,(H,20,21). The lowest BCUT2D eigenvalue weighted by Crippen LogP contribution is -2.57. The number of rotatable bonds is 4. The highest BCUT2D eigenvalue weighted by atomic mass is 32.2. The topological polar surface area (TPSA) is 61.8 Å². The van der Waals surface area contributed by atoms with Gasteiger partial charge in [0.25, 0.3) is 0 Å². The average Bonchev–Trinajstić information content (AvgIpc) is 2.52. The molecule has 25 heavy (non-hydrogen) atoms. The predicted molar refractivity (Wildman–Crippen MR) is 95.5 cm³/mol. The second-order valence-electron chi connectivity index (χ2n) is 6.72. The molecule has 1 fully saturated rings. The number of guanidine groups is 1. The summed E-state index contributed by atoms with van der Waals surface area (Å²) in [5.74, 6) is -0.257. The van der Waals surface area contributed by atoms with Crippen LogP contribution in [-0.4, -0.2) is 56.0 Å². The molecule has 1 N–H and O–H groups in total. The molecule has 1 aromatic carbocycles. The Morgan fingerprint density at radius 3 is 2.72 bits per heavy atom. The molecule has 5 nitrogen and oxygen atoms in total. The summed E-state index contributed by atoms with van der Waals surface area (Å²) >= 11 is 0. The first-order chi connectivity index (χ1) is 11.7. The highest BCUT2D eigenvalue weighted by Gasteiger charge is 2.40. The van der Waals surface area contributed by atoms with Crippen LogP contribution in [0, 0.1) is 11.6 Å². The second-order valence-corrected chi connectivity index (χ2v) is 9.46. The van der Waals surface area contributed by atoms with Crippen LogP contribution < -0.4 is 5.32 Å². The van der Waals surface area contributed by atoms with Gasteiger partial charge in [-0.1, -0.05) is 0 Å². The molecule has 1 heterocycles. The van der Waals surface area contributed by atoms with Gasteiger partial charge in [-0.2, -0.15) is 0 Å². The van der Waals surface area contributed by atoms with E-state index in [1.54, 1.807) is 13.8 Å². The molecule has 8 heteroatoms. The van der Waals surface area contributed by atoms with Gasteiger partial charge in [-0.25, -0.2) is 17.2 Å². The third kappa shape index (κ3) is 4.68. The Morgan fingerprint density at radius 2 is 2.08 bits per heavy atom. The summed E-state index contributed by atoms with van der Waals surface area (Å²) in [6.45, 7) is 6.97. The van der Waals surface area contributed by atoms with Crippen LogP contribution in [0.2, 0.25) is 0 Å². The molecule has 140 valence electrons.